The lowest BCUT2D eigenvalue weighted by Gasteiger charge is -2.19. The van der Waals surface area contributed by atoms with E-state index in [1.165, 1.54) is 24.8 Å². The molecule has 1 unspecified atom stereocenters. The molecule has 0 spiro atoms. The molecule has 168 valence electrons. The van der Waals surface area contributed by atoms with Gasteiger partial charge in [-0.05, 0) is 24.3 Å². The molecular weight excluding hydrogens is 436 g/mol. The van der Waals surface area contributed by atoms with E-state index in [1.54, 1.807) is 24.3 Å². The molecule has 0 saturated carbocycles. The molecule has 0 bridgehead atoms. The second kappa shape index (κ2) is 8.62. The van der Waals surface area contributed by atoms with Crippen LogP contribution in [-0.4, -0.2) is 62.6 Å². The van der Waals surface area contributed by atoms with E-state index in [0.717, 1.165) is 10.4 Å². The highest BCUT2D eigenvalue weighted by molar-refractivity contribution is 6.10. The fraction of sp³-hybridized carbons (Fsp3) is 0.238. The van der Waals surface area contributed by atoms with Crippen molar-refractivity contribution in [3.8, 4) is 6.07 Å². The van der Waals surface area contributed by atoms with Crippen LogP contribution in [0.4, 0.5) is 14.5 Å². The number of amides is 3. The largest absolute Gasteiger partial charge is 0.345 e. The number of hydrogen-bond acceptors (Lipinski definition) is 6. The predicted octanol–water partition coefficient (Wildman–Crippen LogP) is 1.70. The van der Waals surface area contributed by atoms with Crippen molar-refractivity contribution in [1.29, 1.82) is 5.26 Å². The van der Waals surface area contributed by atoms with Crippen molar-refractivity contribution in [2.24, 2.45) is 0 Å². The summed E-state index contributed by atoms with van der Waals surface area (Å²) in [6.45, 7) is -1.46. The Morgan fingerprint density at radius 3 is 2.88 bits per heavy atom. The van der Waals surface area contributed by atoms with Gasteiger partial charge in [0.2, 0.25) is 5.91 Å². The third-order valence-corrected chi connectivity index (χ3v) is 5.14. The topological polar surface area (TPSA) is 144 Å². The van der Waals surface area contributed by atoms with Crippen molar-refractivity contribution in [2.75, 3.05) is 18.4 Å². The highest BCUT2D eigenvalue weighted by atomic mass is 19.3. The Balaban J connectivity index is 1.43. The van der Waals surface area contributed by atoms with Gasteiger partial charge >= 0.3 is 0 Å². The van der Waals surface area contributed by atoms with Gasteiger partial charge in [0, 0.05) is 18.2 Å². The lowest BCUT2D eigenvalue weighted by atomic mass is 10.1. The van der Waals surface area contributed by atoms with Crippen LogP contribution in [0.3, 0.4) is 0 Å². The van der Waals surface area contributed by atoms with Crippen LogP contribution >= 0.6 is 0 Å². The maximum Gasteiger partial charge on any atom is 0.268 e. The van der Waals surface area contributed by atoms with Gasteiger partial charge in [-0.1, -0.05) is 0 Å². The third kappa shape index (κ3) is 4.62. The number of halogens is 2. The number of fused-ring (bicyclic) bond motifs is 1. The molecule has 33 heavy (non-hydrogen) atoms. The average molecular weight is 453 g/mol. The monoisotopic (exact) mass is 453 g/mol. The number of imidazole rings is 1. The molecule has 1 saturated heterocycles. The first kappa shape index (κ1) is 21.8. The fourth-order valence-corrected chi connectivity index (χ4v) is 3.51. The second-order valence-electron chi connectivity index (χ2n) is 7.42. The standard InChI is InChI=1S/C21H17F2N7O3/c22-21(23)6-13(7-24)30(10-21)18(31)9-26-20(33)14-3-4-25-8-17(14)29-19(32)12-1-2-15-16(5-12)28-11-27-15/h1-5,8,11,13H,6,9-10H2,(H,26,33)(H,27,28)(H,29,32). The Morgan fingerprint density at radius 1 is 1.27 bits per heavy atom. The number of hydrogen-bond donors (Lipinski definition) is 3. The van der Waals surface area contributed by atoms with Crippen LogP contribution in [0.1, 0.15) is 27.1 Å². The van der Waals surface area contributed by atoms with Gasteiger partial charge in [-0.25, -0.2) is 13.8 Å². The van der Waals surface area contributed by atoms with Crippen LogP contribution in [0.2, 0.25) is 0 Å². The van der Waals surface area contributed by atoms with Crippen LogP contribution in [0.5, 0.6) is 0 Å². The molecule has 1 aliphatic rings. The van der Waals surface area contributed by atoms with E-state index >= 15 is 0 Å². The van der Waals surface area contributed by atoms with Crippen LogP contribution in [0.15, 0.2) is 43.0 Å². The van der Waals surface area contributed by atoms with Crippen molar-refractivity contribution in [3.63, 3.8) is 0 Å². The number of nitrogens with zero attached hydrogens (tertiary/aromatic N) is 4. The molecule has 0 radical (unpaired) electrons. The molecule has 1 atom stereocenters. The SMILES string of the molecule is N#CC1CC(F)(F)CN1C(=O)CNC(=O)c1ccncc1NC(=O)c1ccc2[nH]cnc2c1. The number of carbonyl (C=O) groups is 3. The quantitative estimate of drug-likeness (QED) is 0.536. The maximum atomic E-state index is 13.6. The number of benzene rings is 1. The molecule has 1 aromatic carbocycles. The second-order valence-corrected chi connectivity index (χ2v) is 7.42. The molecule has 3 heterocycles. The molecular formula is C21H17F2N7O3. The summed E-state index contributed by atoms with van der Waals surface area (Å²) in [5.74, 6) is -5.18. The Labute approximate surface area is 185 Å². The summed E-state index contributed by atoms with van der Waals surface area (Å²) in [7, 11) is 0. The molecule has 10 nitrogen and oxygen atoms in total. The van der Waals surface area contributed by atoms with Crippen LogP contribution < -0.4 is 10.6 Å². The number of anilines is 1. The van der Waals surface area contributed by atoms with Crippen LogP contribution in [-0.2, 0) is 4.79 Å². The molecule has 2 aromatic heterocycles. The van der Waals surface area contributed by atoms with Crippen molar-refractivity contribution in [3.05, 3.63) is 54.1 Å². The molecule has 3 amide bonds. The number of pyridine rings is 1. The van der Waals surface area contributed by atoms with Gasteiger partial charge in [0.05, 0.1) is 54.0 Å². The number of alkyl halides is 2. The smallest absolute Gasteiger partial charge is 0.268 e. The minimum Gasteiger partial charge on any atom is -0.345 e. The lowest BCUT2D eigenvalue weighted by molar-refractivity contribution is -0.131. The first-order chi connectivity index (χ1) is 15.8. The Morgan fingerprint density at radius 2 is 2.09 bits per heavy atom. The van der Waals surface area contributed by atoms with Crippen molar-refractivity contribution >= 4 is 34.4 Å². The normalized spacial score (nSPS) is 16.9. The zero-order chi connectivity index (χ0) is 23.6. The Kier molecular flexibility index (Phi) is 5.70. The van der Waals surface area contributed by atoms with Crippen LogP contribution in [0.25, 0.3) is 11.0 Å². The number of H-pyrrole nitrogens is 1. The zero-order valence-corrected chi connectivity index (χ0v) is 17.0. The summed E-state index contributed by atoms with van der Waals surface area (Å²) in [6.07, 6.45) is 3.36. The molecule has 3 N–H and O–H groups in total. The first-order valence-corrected chi connectivity index (χ1v) is 9.81. The predicted molar refractivity (Wildman–Crippen MR) is 111 cm³/mol. The molecule has 12 heteroatoms. The Hall–Kier alpha value is -4.40. The van der Waals surface area contributed by atoms with Crippen molar-refractivity contribution in [1.82, 2.24) is 25.2 Å². The highest BCUT2D eigenvalue weighted by Gasteiger charge is 2.47. The number of aromatic amines is 1. The van der Waals surface area contributed by atoms with E-state index in [9.17, 15) is 23.2 Å². The number of nitrogens with one attached hydrogen (secondary N) is 3. The van der Waals surface area contributed by atoms with E-state index in [0.29, 0.717) is 11.1 Å². The third-order valence-electron chi connectivity index (χ3n) is 5.14. The summed E-state index contributed by atoms with van der Waals surface area (Å²) in [6, 6.07) is 6.61. The van der Waals surface area contributed by atoms with Gasteiger partial charge in [-0.2, -0.15) is 5.26 Å². The molecule has 3 aromatic rings. The summed E-state index contributed by atoms with van der Waals surface area (Å²) in [5, 5.41) is 14.0. The average Bonchev–Trinajstić information content (AvgIpc) is 3.40. The number of carbonyl (C=O) groups excluding carboxylic acids is 3. The van der Waals surface area contributed by atoms with Gasteiger partial charge in [0.25, 0.3) is 17.7 Å². The van der Waals surface area contributed by atoms with Crippen molar-refractivity contribution < 1.29 is 23.2 Å². The highest BCUT2D eigenvalue weighted by Crippen LogP contribution is 2.31. The first-order valence-electron chi connectivity index (χ1n) is 9.81. The van der Waals surface area contributed by atoms with Gasteiger partial charge in [-0.15, -0.1) is 0 Å². The van der Waals surface area contributed by atoms with Gasteiger partial charge in [0.1, 0.15) is 6.04 Å². The minimum absolute atomic E-state index is 0.0237. The molecule has 0 aliphatic carbocycles. The number of rotatable bonds is 5. The molecule has 1 aliphatic heterocycles. The maximum absolute atomic E-state index is 13.6. The summed E-state index contributed by atoms with van der Waals surface area (Å²) >= 11 is 0. The summed E-state index contributed by atoms with van der Waals surface area (Å²) < 4.78 is 27.1. The summed E-state index contributed by atoms with van der Waals surface area (Å²) in [5.41, 5.74) is 1.77. The molecule has 4 rings (SSSR count). The van der Waals surface area contributed by atoms with Crippen molar-refractivity contribution in [2.45, 2.75) is 18.4 Å². The Bertz CT molecular complexity index is 1280. The van der Waals surface area contributed by atoms with E-state index in [1.807, 2.05) is 0 Å². The van der Waals surface area contributed by atoms with Gasteiger partial charge < -0.3 is 20.5 Å². The van der Waals surface area contributed by atoms with Gasteiger partial charge in [0.15, 0.2) is 0 Å². The summed E-state index contributed by atoms with van der Waals surface area (Å²) in [4.78, 5) is 49.3. The van der Waals surface area contributed by atoms with E-state index in [2.05, 4.69) is 25.6 Å². The number of nitriles is 1. The molecule has 1 fully saturated rings. The fourth-order valence-electron chi connectivity index (χ4n) is 3.51. The lowest BCUT2D eigenvalue weighted by Crippen LogP contribution is -2.43. The number of aromatic nitrogens is 3. The minimum atomic E-state index is -3.15. The van der Waals surface area contributed by atoms with E-state index in [4.69, 9.17) is 5.26 Å². The number of likely N-dealkylation sites (tertiary alicyclic amines) is 1. The van der Waals surface area contributed by atoms with E-state index < -0.39 is 49.2 Å². The van der Waals surface area contributed by atoms with Gasteiger partial charge in [-0.3, -0.25) is 19.4 Å². The zero-order valence-electron chi connectivity index (χ0n) is 17.0. The van der Waals surface area contributed by atoms with E-state index in [-0.39, 0.29) is 11.3 Å². The van der Waals surface area contributed by atoms with Crippen LogP contribution in [0, 0.1) is 11.3 Å².